The van der Waals surface area contributed by atoms with Gasteiger partial charge in [-0.3, -0.25) is 4.79 Å². The summed E-state index contributed by atoms with van der Waals surface area (Å²) >= 11 is 6.75. The molecule has 98 valence electrons. The van der Waals surface area contributed by atoms with Gasteiger partial charge in [-0.25, -0.2) is 0 Å². The lowest BCUT2D eigenvalue weighted by molar-refractivity contribution is -0.117. The monoisotopic (exact) mass is 382 g/mol. The van der Waals surface area contributed by atoms with E-state index >= 15 is 0 Å². The van der Waals surface area contributed by atoms with Crippen LogP contribution in [0.3, 0.4) is 0 Å². The van der Waals surface area contributed by atoms with Crippen LogP contribution in [0.25, 0.3) is 0 Å². The molecular weight excluding hydrogens is 372 g/mol. The Bertz CT molecular complexity index is 587. The highest BCUT2D eigenvalue weighted by Gasteiger charge is 2.16. The minimum absolute atomic E-state index is 0.245. The number of nitrogens with one attached hydrogen (secondary N) is 1. The third-order valence-corrected chi connectivity index (χ3v) is 3.81. The number of halogens is 2. The van der Waals surface area contributed by atoms with E-state index in [0.717, 1.165) is 14.5 Å². The Morgan fingerprint density at radius 2 is 1.79 bits per heavy atom. The fourth-order valence-corrected chi connectivity index (χ4v) is 2.32. The lowest BCUT2D eigenvalue weighted by atomic mass is 10.1. The number of carbonyl (C=O) groups is 1. The first-order chi connectivity index (χ1) is 9.08. The standard InChI is InChI=1S/C14H12Br2N2O/c15-10-6-7-11(16)12(8-10)18-14(19)13(17)9-4-2-1-3-5-9/h1-8,13H,17H2,(H,18,19)/t13-/m0/s1. The molecule has 0 radical (unpaired) electrons. The second-order valence-electron chi connectivity index (χ2n) is 4.00. The van der Waals surface area contributed by atoms with Crippen LogP contribution in [0, 0.1) is 0 Å². The molecule has 0 spiro atoms. The maximum absolute atomic E-state index is 12.1. The van der Waals surface area contributed by atoms with Gasteiger partial charge < -0.3 is 11.1 Å². The molecule has 0 aromatic heterocycles. The lowest BCUT2D eigenvalue weighted by Gasteiger charge is -2.13. The van der Waals surface area contributed by atoms with Crippen molar-refractivity contribution in [1.29, 1.82) is 0 Å². The molecule has 3 nitrogen and oxygen atoms in total. The molecule has 2 rings (SSSR count). The summed E-state index contributed by atoms with van der Waals surface area (Å²) in [5.74, 6) is -0.245. The highest BCUT2D eigenvalue weighted by molar-refractivity contribution is 9.11. The maximum Gasteiger partial charge on any atom is 0.245 e. The number of benzene rings is 2. The van der Waals surface area contributed by atoms with E-state index in [-0.39, 0.29) is 5.91 Å². The van der Waals surface area contributed by atoms with Gasteiger partial charge in [-0.1, -0.05) is 46.3 Å². The minimum atomic E-state index is -0.688. The normalized spacial score (nSPS) is 11.9. The predicted molar refractivity (Wildman–Crippen MR) is 83.8 cm³/mol. The molecule has 2 aromatic carbocycles. The van der Waals surface area contributed by atoms with E-state index in [0.29, 0.717) is 5.69 Å². The molecule has 0 aliphatic carbocycles. The SMILES string of the molecule is N[C@H](C(=O)Nc1cc(Br)ccc1Br)c1ccccc1. The summed E-state index contributed by atoms with van der Waals surface area (Å²) in [6, 6.07) is 14.1. The van der Waals surface area contributed by atoms with Gasteiger partial charge in [0.1, 0.15) is 6.04 Å². The van der Waals surface area contributed by atoms with Gasteiger partial charge in [-0.2, -0.15) is 0 Å². The average molecular weight is 384 g/mol. The molecule has 0 heterocycles. The highest BCUT2D eigenvalue weighted by atomic mass is 79.9. The van der Waals surface area contributed by atoms with Crippen molar-refractivity contribution >= 4 is 43.5 Å². The van der Waals surface area contributed by atoms with Crippen molar-refractivity contribution < 1.29 is 4.79 Å². The Labute approximate surface area is 128 Å². The summed E-state index contributed by atoms with van der Waals surface area (Å²) < 4.78 is 1.70. The molecule has 5 heteroatoms. The van der Waals surface area contributed by atoms with Gasteiger partial charge >= 0.3 is 0 Å². The van der Waals surface area contributed by atoms with Crippen LogP contribution < -0.4 is 11.1 Å². The molecule has 3 N–H and O–H groups in total. The van der Waals surface area contributed by atoms with E-state index in [1.54, 1.807) is 0 Å². The Morgan fingerprint density at radius 3 is 2.47 bits per heavy atom. The molecular formula is C14H12Br2N2O. The van der Waals surface area contributed by atoms with Crippen molar-refractivity contribution in [3.8, 4) is 0 Å². The number of rotatable bonds is 3. The fraction of sp³-hybridized carbons (Fsp3) is 0.0714. The van der Waals surface area contributed by atoms with Crippen LogP contribution in [0.2, 0.25) is 0 Å². The fourth-order valence-electron chi connectivity index (χ4n) is 1.62. The van der Waals surface area contributed by atoms with E-state index in [9.17, 15) is 4.79 Å². The third-order valence-electron chi connectivity index (χ3n) is 2.63. The maximum atomic E-state index is 12.1. The van der Waals surface area contributed by atoms with Crippen molar-refractivity contribution in [3.05, 3.63) is 63.0 Å². The summed E-state index contributed by atoms with van der Waals surface area (Å²) in [5, 5.41) is 2.81. The molecule has 0 aliphatic rings. The molecule has 0 aliphatic heterocycles. The molecule has 0 unspecified atom stereocenters. The second-order valence-corrected chi connectivity index (χ2v) is 5.77. The molecule has 1 atom stereocenters. The average Bonchev–Trinajstić information content (AvgIpc) is 2.43. The van der Waals surface area contributed by atoms with Crippen molar-refractivity contribution in [3.63, 3.8) is 0 Å². The molecule has 0 bridgehead atoms. The molecule has 2 aromatic rings. The van der Waals surface area contributed by atoms with E-state index in [1.165, 1.54) is 0 Å². The summed E-state index contributed by atoms with van der Waals surface area (Å²) in [7, 11) is 0. The first kappa shape index (κ1) is 14.2. The first-order valence-corrected chi connectivity index (χ1v) is 7.23. The number of amides is 1. The predicted octanol–water partition coefficient (Wildman–Crippen LogP) is 3.85. The van der Waals surface area contributed by atoms with Crippen LogP contribution in [-0.4, -0.2) is 5.91 Å². The number of hydrogen-bond donors (Lipinski definition) is 2. The van der Waals surface area contributed by atoms with E-state index < -0.39 is 6.04 Å². The molecule has 1 amide bonds. The van der Waals surface area contributed by atoms with E-state index in [1.807, 2.05) is 48.5 Å². The van der Waals surface area contributed by atoms with Crippen LogP contribution in [0.5, 0.6) is 0 Å². The van der Waals surface area contributed by atoms with E-state index in [4.69, 9.17) is 5.73 Å². The van der Waals surface area contributed by atoms with Crippen molar-refractivity contribution in [2.24, 2.45) is 5.73 Å². The highest BCUT2D eigenvalue weighted by Crippen LogP contribution is 2.27. The van der Waals surface area contributed by atoms with Crippen molar-refractivity contribution in [2.45, 2.75) is 6.04 Å². The number of carbonyl (C=O) groups excluding carboxylic acids is 1. The Balaban J connectivity index is 2.15. The van der Waals surface area contributed by atoms with Crippen LogP contribution in [0.15, 0.2) is 57.5 Å². The van der Waals surface area contributed by atoms with Crippen molar-refractivity contribution in [2.75, 3.05) is 5.32 Å². The van der Waals surface area contributed by atoms with Crippen molar-refractivity contribution in [1.82, 2.24) is 0 Å². The quantitative estimate of drug-likeness (QED) is 0.845. The molecule has 0 fully saturated rings. The molecule has 0 saturated heterocycles. The Morgan fingerprint density at radius 1 is 1.11 bits per heavy atom. The summed E-state index contributed by atoms with van der Waals surface area (Å²) in [6.07, 6.45) is 0. The third kappa shape index (κ3) is 3.65. The smallest absolute Gasteiger partial charge is 0.245 e. The van der Waals surface area contributed by atoms with Crippen LogP contribution in [-0.2, 0) is 4.79 Å². The lowest BCUT2D eigenvalue weighted by Crippen LogP contribution is -2.27. The van der Waals surface area contributed by atoms with Crippen LogP contribution >= 0.6 is 31.9 Å². The zero-order valence-electron chi connectivity index (χ0n) is 9.94. The topological polar surface area (TPSA) is 55.1 Å². The largest absolute Gasteiger partial charge is 0.323 e. The van der Waals surface area contributed by atoms with Gasteiger partial charge in [0.2, 0.25) is 5.91 Å². The van der Waals surface area contributed by atoms with Gasteiger partial charge in [0.25, 0.3) is 0 Å². The van der Waals surface area contributed by atoms with Gasteiger partial charge in [0.15, 0.2) is 0 Å². The second kappa shape index (κ2) is 6.32. The Hall–Kier alpha value is -1.17. The van der Waals surface area contributed by atoms with Gasteiger partial charge in [0, 0.05) is 8.95 Å². The van der Waals surface area contributed by atoms with E-state index in [2.05, 4.69) is 37.2 Å². The number of nitrogens with two attached hydrogens (primary N) is 1. The zero-order valence-corrected chi connectivity index (χ0v) is 13.1. The van der Waals surface area contributed by atoms with Crippen LogP contribution in [0.1, 0.15) is 11.6 Å². The first-order valence-electron chi connectivity index (χ1n) is 5.64. The summed E-state index contributed by atoms with van der Waals surface area (Å²) in [6.45, 7) is 0. The molecule has 19 heavy (non-hydrogen) atoms. The zero-order chi connectivity index (χ0) is 13.8. The van der Waals surface area contributed by atoms with Crippen LogP contribution in [0.4, 0.5) is 5.69 Å². The number of hydrogen-bond acceptors (Lipinski definition) is 2. The number of anilines is 1. The van der Waals surface area contributed by atoms with Gasteiger partial charge in [-0.15, -0.1) is 0 Å². The summed E-state index contributed by atoms with van der Waals surface area (Å²) in [4.78, 5) is 12.1. The minimum Gasteiger partial charge on any atom is -0.323 e. The Kier molecular flexibility index (Phi) is 4.74. The summed E-state index contributed by atoms with van der Waals surface area (Å²) in [5.41, 5.74) is 7.40. The van der Waals surface area contributed by atoms with Gasteiger partial charge in [0.05, 0.1) is 5.69 Å². The molecule has 0 saturated carbocycles. The van der Waals surface area contributed by atoms with Gasteiger partial charge in [-0.05, 0) is 39.7 Å².